The number of imidazole rings is 1. The number of H-pyrrole nitrogens is 1. The van der Waals surface area contributed by atoms with Crippen molar-refractivity contribution in [3.63, 3.8) is 0 Å². The number of aromatic hydroxyl groups is 1. The first-order chi connectivity index (χ1) is 11.6. The highest BCUT2D eigenvalue weighted by molar-refractivity contribution is 6.30. The lowest BCUT2D eigenvalue weighted by Gasteiger charge is -2.01. The monoisotopic (exact) mass is 341 g/mol. The first-order valence-electron chi connectivity index (χ1n) is 7.47. The van der Waals surface area contributed by atoms with Gasteiger partial charge in [-0.3, -0.25) is 4.79 Å². The fourth-order valence-corrected chi connectivity index (χ4v) is 2.46. The van der Waals surface area contributed by atoms with Crippen LogP contribution in [0.15, 0.2) is 48.5 Å². The Balaban J connectivity index is 1.53. The molecule has 0 fully saturated rings. The van der Waals surface area contributed by atoms with Crippen LogP contribution in [0.2, 0.25) is 5.02 Å². The predicted molar refractivity (Wildman–Crippen MR) is 94.7 cm³/mol. The number of benzene rings is 2. The summed E-state index contributed by atoms with van der Waals surface area (Å²) in [6, 6.07) is 12.5. The number of para-hydroxylation sites is 2. The number of rotatable bonds is 5. The number of carbonyl (C=O) groups excluding carboxylic acids is 1. The van der Waals surface area contributed by atoms with E-state index < -0.39 is 0 Å². The van der Waals surface area contributed by atoms with E-state index in [0.717, 1.165) is 11.0 Å². The highest BCUT2D eigenvalue weighted by Crippen LogP contribution is 2.23. The maximum atomic E-state index is 11.9. The third-order valence-corrected chi connectivity index (χ3v) is 3.72. The van der Waals surface area contributed by atoms with Crippen LogP contribution in [0.4, 0.5) is 0 Å². The van der Waals surface area contributed by atoms with Gasteiger partial charge in [0.2, 0.25) is 5.91 Å². The Hall–Kier alpha value is -2.79. The van der Waals surface area contributed by atoms with Crippen molar-refractivity contribution in [1.29, 1.82) is 0 Å². The van der Waals surface area contributed by atoms with Crippen LogP contribution in [-0.4, -0.2) is 21.0 Å². The zero-order chi connectivity index (χ0) is 16.9. The van der Waals surface area contributed by atoms with E-state index in [0.29, 0.717) is 23.0 Å². The van der Waals surface area contributed by atoms with Crippen molar-refractivity contribution < 1.29 is 9.90 Å². The predicted octanol–water partition coefficient (Wildman–Crippen LogP) is 3.64. The van der Waals surface area contributed by atoms with Crippen molar-refractivity contribution in [2.24, 2.45) is 0 Å². The quantitative estimate of drug-likeness (QED) is 0.663. The molecule has 5 nitrogen and oxygen atoms in total. The molecular weight excluding hydrogens is 326 g/mol. The number of aromatic amines is 1. The third-order valence-electron chi connectivity index (χ3n) is 3.48. The van der Waals surface area contributed by atoms with Crippen LogP contribution >= 0.6 is 11.6 Å². The average molecular weight is 342 g/mol. The van der Waals surface area contributed by atoms with Gasteiger partial charge in [-0.1, -0.05) is 35.9 Å². The van der Waals surface area contributed by atoms with Crippen LogP contribution in [0.25, 0.3) is 17.1 Å². The van der Waals surface area contributed by atoms with Crippen LogP contribution in [0.5, 0.6) is 5.75 Å². The van der Waals surface area contributed by atoms with Gasteiger partial charge in [-0.05, 0) is 30.3 Å². The summed E-state index contributed by atoms with van der Waals surface area (Å²) in [5, 5.41) is 13.0. The smallest absolute Gasteiger partial charge is 0.224 e. The summed E-state index contributed by atoms with van der Waals surface area (Å²) < 4.78 is 0. The second-order valence-corrected chi connectivity index (χ2v) is 5.72. The molecule has 1 heterocycles. The van der Waals surface area contributed by atoms with Gasteiger partial charge in [0.15, 0.2) is 0 Å². The third kappa shape index (κ3) is 3.94. The molecule has 0 aliphatic carbocycles. The lowest BCUT2D eigenvalue weighted by molar-refractivity contribution is -0.120. The molecule has 0 unspecified atom stereocenters. The molecule has 3 rings (SSSR count). The Morgan fingerprint density at radius 2 is 2.12 bits per heavy atom. The van der Waals surface area contributed by atoms with Gasteiger partial charge in [-0.25, -0.2) is 4.98 Å². The molecule has 0 aliphatic rings. The van der Waals surface area contributed by atoms with Gasteiger partial charge in [-0.2, -0.15) is 0 Å². The molecule has 6 heteroatoms. The zero-order valence-corrected chi connectivity index (χ0v) is 13.5. The largest absolute Gasteiger partial charge is 0.507 e. The minimum Gasteiger partial charge on any atom is -0.507 e. The van der Waals surface area contributed by atoms with Crippen molar-refractivity contribution in [3.8, 4) is 5.75 Å². The highest BCUT2D eigenvalue weighted by atomic mass is 35.5. The minimum absolute atomic E-state index is 0.0847. The van der Waals surface area contributed by atoms with Crippen molar-refractivity contribution >= 4 is 34.6 Å². The Kier molecular flexibility index (Phi) is 4.82. The molecule has 0 radical (unpaired) electrons. The van der Waals surface area contributed by atoms with Crippen molar-refractivity contribution in [1.82, 2.24) is 15.3 Å². The lowest BCUT2D eigenvalue weighted by Crippen LogP contribution is -2.22. The van der Waals surface area contributed by atoms with Crippen LogP contribution in [0.3, 0.4) is 0 Å². The van der Waals surface area contributed by atoms with Crippen LogP contribution in [0.1, 0.15) is 17.8 Å². The Labute approximate surface area is 144 Å². The molecule has 0 bridgehead atoms. The number of aromatic nitrogens is 2. The number of nitrogens with one attached hydrogen (secondary N) is 2. The average Bonchev–Trinajstić information content (AvgIpc) is 2.98. The SMILES string of the molecule is O=C(CC=Cc1ccc(Cl)cc1O)NCc1nc2ccccc2[nH]1. The number of nitrogens with zero attached hydrogens (tertiary/aromatic N) is 1. The second kappa shape index (κ2) is 7.19. The summed E-state index contributed by atoms with van der Waals surface area (Å²) in [4.78, 5) is 19.4. The number of phenols is 1. The Morgan fingerprint density at radius 1 is 1.29 bits per heavy atom. The summed E-state index contributed by atoms with van der Waals surface area (Å²) in [6.45, 7) is 0.341. The normalized spacial score (nSPS) is 11.2. The van der Waals surface area contributed by atoms with E-state index in [1.165, 1.54) is 6.07 Å². The fourth-order valence-electron chi connectivity index (χ4n) is 2.29. The van der Waals surface area contributed by atoms with Crippen LogP contribution in [-0.2, 0) is 11.3 Å². The van der Waals surface area contributed by atoms with E-state index in [1.54, 1.807) is 24.3 Å². The van der Waals surface area contributed by atoms with E-state index in [9.17, 15) is 9.90 Å². The summed E-state index contributed by atoms with van der Waals surface area (Å²) in [5.74, 6) is 0.672. The fraction of sp³-hybridized carbons (Fsp3) is 0.111. The zero-order valence-electron chi connectivity index (χ0n) is 12.8. The number of halogens is 1. The molecule has 122 valence electrons. The minimum atomic E-state index is -0.125. The summed E-state index contributed by atoms with van der Waals surface area (Å²) in [6.07, 6.45) is 3.59. The van der Waals surface area contributed by atoms with E-state index in [-0.39, 0.29) is 18.1 Å². The van der Waals surface area contributed by atoms with Crippen molar-refractivity contribution in [3.05, 3.63) is 65.0 Å². The molecule has 2 aromatic carbocycles. The molecular formula is C18H16ClN3O2. The van der Waals surface area contributed by atoms with E-state index >= 15 is 0 Å². The maximum absolute atomic E-state index is 11.9. The maximum Gasteiger partial charge on any atom is 0.224 e. The molecule has 0 saturated carbocycles. The summed E-state index contributed by atoms with van der Waals surface area (Å²) >= 11 is 5.77. The molecule has 0 spiro atoms. The number of amides is 1. The van der Waals surface area contributed by atoms with Gasteiger partial charge >= 0.3 is 0 Å². The summed E-state index contributed by atoms with van der Waals surface area (Å²) in [7, 11) is 0. The number of fused-ring (bicyclic) bond motifs is 1. The molecule has 1 amide bonds. The van der Waals surface area contributed by atoms with E-state index in [1.807, 2.05) is 24.3 Å². The van der Waals surface area contributed by atoms with Crippen LogP contribution < -0.4 is 5.32 Å². The standard InChI is InChI=1S/C18H16ClN3O2/c19-13-9-8-12(16(23)10-13)4-3-7-18(24)20-11-17-21-14-5-1-2-6-15(14)22-17/h1-6,8-10,23H,7,11H2,(H,20,24)(H,21,22). The topological polar surface area (TPSA) is 78.0 Å². The first-order valence-corrected chi connectivity index (χ1v) is 7.85. The summed E-state index contributed by atoms with van der Waals surface area (Å²) in [5.41, 5.74) is 2.43. The molecule has 1 aromatic heterocycles. The molecule has 0 saturated heterocycles. The lowest BCUT2D eigenvalue weighted by atomic mass is 10.2. The number of phenolic OH excluding ortho intramolecular Hbond substituents is 1. The number of hydrogen-bond acceptors (Lipinski definition) is 3. The van der Waals surface area contributed by atoms with Gasteiger partial charge in [0, 0.05) is 17.0 Å². The Bertz CT molecular complexity index is 869. The van der Waals surface area contributed by atoms with E-state index in [4.69, 9.17) is 11.6 Å². The van der Waals surface area contributed by atoms with E-state index in [2.05, 4.69) is 15.3 Å². The van der Waals surface area contributed by atoms with Gasteiger partial charge < -0.3 is 15.4 Å². The molecule has 0 atom stereocenters. The molecule has 0 aliphatic heterocycles. The van der Waals surface area contributed by atoms with Crippen molar-refractivity contribution in [2.45, 2.75) is 13.0 Å². The van der Waals surface area contributed by atoms with Gasteiger partial charge in [0.05, 0.1) is 17.6 Å². The number of carbonyl (C=O) groups is 1. The van der Waals surface area contributed by atoms with Gasteiger partial charge in [0.25, 0.3) is 0 Å². The number of hydrogen-bond donors (Lipinski definition) is 3. The molecule has 24 heavy (non-hydrogen) atoms. The second-order valence-electron chi connectivity index (χ2n) is 5.29. The molecule has 3 N–H and O–H groups in total. The molecule has 3 aromatic rings. The van der Waals surface area contributed by atoms with Gasteiger partial charge in [-0.15, -0.1) is 0 Å². The highest BCUT2D eigenvalue weighted by Gasteiger charge is 2.04. The Morgan fingerprint density at radius 3 is 2.92 bits per heavy atom. The first kappa shape index (κ1) is 16.1. The van der Waals surface area contributed by atoms with Gasteiger partial charge in [0.1, 0.15) is 11.6 Å². The van der Waals surface area contributed by atoms with Crippen molar-refractivity contribution in [2.75, 3.05) is 0 Å². The van der Waals surface area contributed by atoms with Crippen LogP contribution in [0, 0.1) is 0 Å².